The van der Waals surface area contributed by atoms with Gasteiger partial charge in [-0.1, -0.05) is 0 Å². The van der Waals surface area contributed by atoms with Crippen LogP contribution in [0, 0.1) is 13.8 Å². The summed E-state index contributed by atoms with van der Waals surface area (Å²) >= 11 is 0. The van der Waals surface area contributed by atoms with Crippen molar-refractivity contribution >= 4 is 5.91 Å². The Morgan fingerprint density at radius 3 is 2.74 bits per heavy atom. The normalized spacial score (nSPS) is 12.2. The van der Waals surface area contributed by atoms with E-state index in [1.165, 1.54) is 0 Å². The number of rotatable bonds is 3. The van der Waals surface area contributed by atoms with E-state index in [0.717, 1.165) is 11.4 Å². The van der Waals surface area contributed by atoms with E-state index in [0.29, 0.717) is 11.5 Å². The lowest BCUT2D eigenvalue weighted by atomic mass is 10.2. The Morgan fingerprint density at radius 2 is 2.16 bits per heavy atom. The third-order valence-corrected chi connectivity index (χ3v) is 2.89. The third kappa shape index (κ3) is 2.96. The highest BCUT2D eigenvalue weighted by molar-refractivity contribution is 5.92. The molecule has 0 bridgehead atoms. The highest BCUT2D eigenvalue weighted by Gasteiger charge is 2.16. The average molecular weight is 259 g/mol. The predicted molar refractivity (Wildman–Crippen MR) is 70.6 cm³/mol. The molecule has 0 saturated heterocycles. The largest absolute Gasteiger partial charge is 0.341 e. The first kappa shape index (κ1) is 13.2. The predicted octanol–water partition coefficient (Wildman–Crippen LogP) is 1.32. The fourth-order valence-electron chi connectivity index (χ4n) is 1.68. The molecule has 0 spiro atoms. The maximum atomic E-state index is 12.0. The van der Waals surface area contributed by atoms with Crippen LogP contribution < -0.4 is 5.32 Å². The molecule has 2 heterocycles. The molecule has 0 fully saturated rings. The number of carbonyl (C=O) groups is 1. The SMILES string of the molecule is Cc1ccnc(C(C)NC(=O)c2cc(C)n(C)n2)n1. The number of aromatic nitrogens is 4. The molecule has 0 radical (unpaired) electrons. The van der Waals surface area contributed by atoms with Gasteiger partial charge in [-0.05, 0) is 32.9 Å². The second-order valence-electron chi connectivity index (χ2n) is 4.55. The van der Waals surface area contributed by atoms with Gasteiger partial charge in [-0.15, -0.1) is 0 Å². The molecule has 0 saturated carbocycles. The minimum Gasteiger partial charge on any atom is -0.341 e. The molecule has 2 rings (SSSR count). The lowest BCUT2D eigenvalue weighted by molar-refractivity contribution is 0.0932. The van der Waals surface area contributed by atoms with Crippen LogP contribution in [0.3, 0.4) is 0 Å². The minimum atomic E-state index is -0.255. The molecule has 0 aliphatic rings. The molecule has 6 heteroatoms. The minimum absolute atomic E-state index is 0.221. The lowest BCUT2D eigenvalue weighted by Crippen LogP contribution is -2.28. The highest BCUT2D eigenvalue weighted by Crippen LogP contribution is 2.08. The van der Waals surface area contributed by atoms with E-state index in [2.05, 4.69) is 20.4 Å². The molecule has 2 aromatic rings. The first-order chi connectivity index (χ1) is 8.97. The van der Waals surface area contributed by atoms with Gasteiger partial charge in [0, 0.05) is 24.6 Å². The van der Waals surface area contributed by atoms with Crippen molar-refractivity contribution < 1.29 is 4.79 Å². The summed E-state index contributed by atoms with van der Waals surface area (Å²) in [6.45, 7) is 5.64. The summed E-state index contributed by atoms with van der Waals surface area (Å²) in [6.07, 6.45) is 1.69. The molecule has 1 amide bonds. The number of nitrogens with zero attached hydrogens (tertiary/aromatic N) is 4. The van der Waals surface area contributed by atoms with E-state index in [4.69, 9.17) is 0 Å². The van der Waals surface area contributed by atoms with Crippen molar-refractivity contribution in [2.45, 2.75) is 26.8 Å². The number of hydrogen-bond donors (Lipinski definition) is 1. The van der Waals surface area contributed by atoms with Gasteiger partial charge in [0.05, 0.1) is 6.04 Å². The first-order valence-corrected chi connectivity index (χ1v) is 6.08. The van der Waals surface area contributed by atoms with Crippen molar-refractivity contribution in [1.82, 2.24) is 25.1 Å². The van der Waals surface area contributed by atoms with Gasteiger partial charge < -0.3 is 5.32 Å². The molecule has 19 heavy (non-hydrogen) atoms. The molecule has 2 aromatic heterocycles. The van der Waals surface area contributed by atoms with Crippen LogP contribution in [0.2, 0.25) is 0 Å². The van der Waals surface area contributed by atoms with E-state index < -0.39 is 0 Å². The van der Waals surface area contributed by atoms with Crippen molar-refractivity contribution in [3.63, 3.8) is 0 Å². The zero-order valence-electron chi connectivity index (χ0n) is 11.5. The van der Waals surface area contributed by atoms with E-state index in [1.54, 1.807) is 24.0 Å². The average Bonchev–Trinajstić information content (AvgIpc) is 2.69. The molecule has 0 aliphatic heterocycles. The standard InChI is InChI=1S/C13H17N5O/c1-8-5-6-14-12(15-8)10(3)16-13(19)11-7-9(2)18(4)17-11/h5-7,10H,1-4H3,(H,16,19). The van der Waals surface area contributed by atoms with E-state index in [9.17, 15) is 4.79 Å². The Morgan fingerprint density at radius 1 is 1.42 bits per heavy atom. The quantitative estimate of drug-likeness (QED) is 0.902. The molecule has 0 aromatic carbocycles. The Balaban J connectivity index is 2.10. The fraction of sp³-hybridized carbons (Fsp3) is 0.385. The van der Waals surface area contributed by atoms with Gasteiger partial charge in [-0.3, -0.25) is 9.48 Å². The number of carbonyl (C=O) groups excluding carboxylic acids is 1. The van der Waals surface area contributed by atoms with Crippen LogP contribution in [-0.2, 0) is 7.05 Å². The van der Waals surface area contributed by atoms with E-state index in [1.807, 2.05) is 26.8 Å². The topological polar surface area (TPSA) is 72.7 Å². The van der Waals surface area contributed by atoms with Crippen LogP contribution in [0.5, 0.6) is 0 Å². The van der Waals surface area contributed by atoms with Crippen LogP contribution in [-0.4, -0.2) is 25.7 Å². The second kappa shape index (κ2) is 5.17. The molecule has 0 aliphatic carbocycles. The van der Waals surface area contributed by atoms with Gasteiger partial charge in [0.1, 0.15) is 11.5 Å². The molecule has 6 nitrogen and oxygen atoms in total. The first-order valence-electron chi connectivity index (χ1n) is 6.08. The van der Waals surface area contributed by atoms with E-state index in [-0.39, 0.29) is 11.9 Å². The summed E-state index contributed by atoms with van der Waals surface area (Å²) in [5.74, 6) is 0.377. The van der Waals surface area contributed by atoms with Crippen LogP contribution in [0.1, 0.15) is 40.7 Å². The molecule has 1 N–H and O–H groups in total. The Kier molecular flexibility index (Phi) is 3.59. The monoisotopic (exact) mass is 259 g/mol. The highest BCUT2D eigenvalue weighted by atomic mass is 16.2. The van der Waals surface area contributed by atoms with Gasteiger partial charge >= 0.3 is 0 Å². The summed E-state index contributed by atoms with van der Waals surface area (Å²) in [5.41, 5.74) is 2.21. The second-order valence-corrected chi connectivity index (χ2v) is 4.55. The van der Waals surface area contributed by atoms with Gasteiger partial charge in [0.15, 0.2) is 0 Å². The van der Waals surface area contributed by atoms with Gasteiger partial charge in [0.25, 0.3) is 5.91 Å². The van der Waals surface area contributed by atoms with Crippen molar-refractivity contribution in [2.24, 2.45) is 7.05 Å². The summed E-state index contributed by atoms with van der Waals surface area (Å²) < 4.78 is 1.67. The van der Waals surface area contributed by atoms with Crippen LogP contribution in [0.4, 0.5) is 0 Å². The summed E-state index contributed by atoms with van der Waals surface area (Å²) in [4.78, 5) is 20.5. The molecular formula is C13H17N5O. The van der Waals surface area contributed by atoms with Crippen LogP contribution >= 0.6 is 0 Å². The van der Waals surface area contributed by atoms with Gasteiger partial charge in [0.2, 0.25) is 0 Å². The zero-order chi connectivity index (χ0) is 14.0. The van der Waals surface area contributed by atoms with Crippen molar-refractivity contribution in [1.29, 1.82) is 0 Å². The molecule has 1 unspecified atom stereocenters. The third-order valence-electron chi connectivity index (χ3n) is 2.89. The number of hydrogen-bond acceptors (Lipinski definition) is 4. The number of nitrogens with one attached hydrogen (secondary N) is 1. The maximum Gasteiger partial charge on any atom is 0.272 e. The Hall–Kier alpha value is -2.24. The van der Waals surface area contributed by atoms with Gasteiger partial charge in [-0.25, -0.2) is 9.97 Å². The maximum absolute atomic E-state index is 12.0. The Bertz CT molecular complexity index is 585. The lowest BCUT2D eigenvalue weighted by Gasteiger charge is -2.11. The summed E-state index contributed by atoms with van der Waals surface area (Å²) in [6, 6.07) is 3.31. The zero-order valence-corrected chi connectivity index (χ0v) is 11.5. The fourth-order valence-corrected chi connectivity index (χ4v) is 1.68. The smallest absolute Gasteiger partial charge is 0.272 e. The van der Waals surface area contributed by atoms with Crippen molar-refractivity contribution in [3.05, 3.63) is 41.2 Å². The Labute approximate surface area is 111 Å². The van der Waals surface area contributed by atoms with Crippen LogP contribution in [0.15, 0.2) is 18.3 Å². The molecular weight excluding hydrogens is 242 g/mol. The molecule has 100 valence electrons. The number of aryl methyl sites for hydroxylation is 3. The number of amides is 1. The van der Waals surface area contributed by atoms with Crippen LogP contribution in [0.25, 0.3) is 0 Å². The molecule has 1 atom stereocenters. The van der Waals surface area contributed by atoms with E-state index >= 15 is 0 Å². The summed E-state index contributed by atoms with van der Waals surface area (Å²) in [5, 5.41) is 6.98. The summed E-state index contributed by atoms with van der Waals surface area (Å²) in [7, 11) is 1.80. The van der Waals surface area contributed by atoms with Crippen molar-refractivity contribution in [2.75, 3.05) is 0 Å². The van der Waals surface area contributed by atoms with Gasteiger partial charge in [-0.2, -0.15) is 5.10 Å². The van der Waals surface area contributed by atoms with Crippen molar-refractivity contribution in [3.8, 4) is 0 Å².